The summed E-state index contributed by atoms with van der Waals surface area (Å²) in [6, 6.07) is -0.0776. The van der Waals surface area contributed by atoms with Crippen molar-refractivity contribution >= 4 is 5.97 Å². The average molecular weight is 155 g/mol. The molecule has 1 fully saturated rings. The molecule has 0 aromatic carbocycles. The molecule has 0 aliphatic carbocycles. The van der Waals surface area contributed by atoms with Crippen molar-refractivity contribution in [2.45, 2.75) is 25.8 Å². The number of esters is 1. The molecule has 0 aromatic heterocycles. The molecule has 0 spiro atoms. The lowest BCUT2D eigenvalue weighted by Gasteiger charge is -2.05. The standard InChI is InChI=1S/C8H13NO2/c1-2-6-11-8(10)7-4-3-5-9-7/h2,6-7,9H,3-5H2,1H3/t7-/m0/s1. The van der Waals surface area contributed by atoms with Crippen molar-refractivity contribution in [3.05, 3.63) is 12.3 Å². The van der Waals surface area contributed by atoms with Crippen LogP contribution in [0.3, 0.4) is 0 Å². The third kappa shape index (κ3) is 2.35. The van der Waals surface area contributed by atoms with Crippen LogP contribution in [0.4, 0.5) is 0 Å². The number of carbonyl (C=O) groups excluding carboxylic acids is 1. The van der Waals surface area contributed by atoms with Gasteiger partial charge in [0.2, 0.25) is 0 Å². The van der Waals surface area contributed by atoms with Gasteiger partial charge in [-0.3, -0.25) is 0 Å². The Hall–Kier alpha value is -0.830. The molecular weight excluding hydrogens is 142 g/mol. The zero-order valence-electron chi connectivity index (χ0n) is 6.67. The van der Waals surface area contributed by atoms with E-state index in [1.807, 2.05) is 6.92 Å². The smallest absolute Gasteiger partial charge is 0.327 e. The predicted molar refractivity (Wildman–Crippen MR) is 41.9 cm³/mol. The average Bonchev–Trinajstić information content (AvgIpc) is 2.52. The number of ether oxygens (including phenoxy) is 1. The Morgan fingerprint density at radius 3 is 3.09 bits per heavy atom. The monoisotopic (exact) mass is 155 g/mol. The number of hydrogen-bond acceptors (Lipinski definition) is 3. The van der Waals surface area contributed by atoms with Gasteiger partial charge in [-0.25, -0.2) is 4.79 Å². The summed E-state index contributed by atoms with van der Waals surface area (Å²) in [6.07, 6.45) is 5.08. The van der Waals surface area contributed by atoms with E-state index in [0.717, 1.165) is 19.4 Å². The molecule has 1 aliphatic rings. The van der Waals surface area contributed by atoms with Gasteiger partial charge in [-0.1, -0.05) is 6.08 Å². The van der Waals surface area contributed by atoms with Gasteiger partial charge in [-0.05, 0) is 26.3 Å². The zero-order valence-corrected chi connectivity index (χ0v) is 6.67. The summed E-state index contributed by atoms with van der Waals surface area (Å²) in [5, 5.41) is 3.06. The molecule has 1 atom stereocenters. The van der Waals surface area contributed by atoms with E-state index in [9.17, 15) is 4.79 Å². The molecular formula is C8H13NO2. The zero-order chi connectivity index (χ0) is 8.10. The Bertz CT molecular complexity index is 159. The van der Waals surface area contributed by atoms with Crippen molar-refractivity contribution < 1.29 is 9.53 Å². The van der Waals surface area contributed by atoms with Crippen molar-refractivity contribution in [3.63, 3.8) is 0 Å². The summed E-state index contributed by atoms with van der Waals surface area (Å²) in [7, 11) is 0. The largest absolute Gasteiger partial charge is 0.434 e. The SMILES string of the molecule is CC=COC(=O)[C@@H]1CCCN1. The molecule has 0 aromatic rings. The molecule has 11 heavy (non-hydrogen) atoms. The summed E-state index contributed by atoms with van der Waals surface area (Å²) < 4.78 is 4.79. The molecule has 0 bridgehead atoms. The first-order valence-electron chi connectivity index (χ1n) is 3.89. The Labute approximate surface area is 66.4 Å². The van der Waals surface area contributed by atoms with Crippen LogP contribution in [-0.4, -0.2) is 18.6 Å². The molecule has 0 unspecified atom stereocenters. The summed E-state index contributed by atoms with van der Waals surface area (Å²) in [6.45, 7) is 2.74. The van der Waals surface area contributed by atoms with Gasteiger partial charge < -0.3 is 10.1 Å². The molecule has 3 nitrogen and oxygen atoms in total. The van der Waals surface area contributed by atoms with Gasteiger partial charge in [-0.2, -0.15) is 0 Å². The highest BCUT2D eigenvalue weighted by Gasteiger charge is 2.22. The predicted octanol–water partition coefficient (Wildman–Crippen LogP) is 0.815. The molecule has 62 valence electrons. The Morgan fingerprint density at radius 1 is 1.73 bits per heavy atom. The van der Waals surface area contributed by atoms with Gasteiger partial charge in [-0.15, -0.1) is 0 Å². The third-order valence-corrected chi connectivity index (χ3v) is 1.67. The number of rotatable bonds is 2. The summed E-state index contributed by atoms with van der Waals surface area (Å²) in [5.74, 6) is -0.166. The molecule has 0 radical (unpaired) electrons. The van der Waals surface area contributed by atoms with Crippen molar-refractivity contribution in [3.8, 4) is 0 Å². The van der Waals surface area contributed by atoms with Crippen LogP contribution < -0.4 is 5.32 Å². The second kappa shape index (κ2) is 4.13. The van der Waals surface area contributed by atoms with E-state index in [2.05, 4.69) is 5.32 Å². The number of nitrogens with one attached hydrogen (secondary N) is 1. The van der Waals surface area contributed by atoms with Crippen molar-refractivity contribution in [2.75, 3.05) is 6.54 Å². The first-order chi connectivity index (χ1) is 5.34. The van der Waals surface area contributed by atoms with Crippen LogP contribution in [0.1, 0.15) is 19.8 Å². The first-order valence-corrected chi connectivity index (χ1v) is 3.89. The molecule has 1 heterocycles. The van der Waals surface area contributed by atoms with Crippen molar-refractivity contribution in [1.82, 2.24) is 5.32 Å². The molecule has 1 saturated heterocycles. The van der Waals surface area contributed by atoms with Crippen LogP contribution in [0, 0.1) is 0 Å². The minimum absolute atomic E-state index is 0.0776. The van der Waals surface area contributed by atoms with Gasteiger partial charge in [0, 0.05) is 0 Å². The minimum atomic E-state index is -0.166. The second-order valence-corrected chi connectivity index (χ2v) is 2.56. The topological polar surface area (TPSA) is 38.3 Å². The maximum absolute atomic E-state index is 11.1. The van der Waals surface area contributed by atoms with E-state index >= 15 is 0 Å². The normalized spacial score (nSPS) is 24.3. The molecule has 0 amide bonds. The Morgan fingerprint density at radius 2 is 2.55 bits per heavy atom. The number of allylic oxidation sites excluding steroid dienone is 1. The highest BCUT2D eigenvalue weighted by Crippen LogP contribution is 2.06. The summed E-state index contributed by atoms with van der Waals surface area (Å²) in [5.41, 5.74) is 0. The van der Waals surface area contributed by atoms with Crippen molar-refractivity contribution in [1.29, 1.82) is 0 Å². The third-order valence-electron chi connectivity index (χ3n) is 1.67. The highest BCUT2D eigenvalue weighted by atomic mass is 16.5. The number of carbonyl (C=O) groups is 1. The lowest BCUT2D eigenvalue weighted by Crippen LogP contribution is -2.31. The molecule has 1 rings (SSSR count). The molecule has 0 saturated carbocycles. The Kier molecular flexibility index (Phi) is 3.11. The molecule has 3 heteroatoms. The molecule has 1 aliphatic heterocycles. The highest BCUT2D eigenvalue weighted by molar-refractivity contribution is 5.76. The van der Waals surface area contributed by atoms with E-state index < -0.39 is 0 Å². The van der Waals surface area contributed by atoms with E-state index in [4.69, 9.17) is 4.74 Å². The Balaban J connectivity index is 2.28. The van der Waals surface area contributed by atoms with Crippen LogP contribution in [0.25, 0.3) is 0 Å². The maximum atomic E-state index is 11.1. The van der Waals surface area contributed by atoms with E-state index in [-0.39, 0.29) is 12.0 Å². The van der Waals surface area contributed by atoms with Crippen LogP contribution in [0.2, 0.25) is 0 Å². The number of hydrogen-bond donors (Lipinski definition) is 1. The van der Waals surface area contributed by atoms with Crippen LogP contribution in [0.5, 0.6) is 0 Å². The van der Waals surface area contributed by atoms with E-state index in [0.29, 0.717) is 0 Å². The van der Waals surface area contributed by atoms with E-state index in [1.165, 1.54) is 6.26 Å². The van der Waals surface area contributed by atoms with Crippen molar-refractivity contribution in [2.24, 2.45) is 0 Å². The van der Waals surface area contributed by atoms with Crippen LogP contribution >= 0.6 is 0 Å². The fourth-order valence-electron chi connectivity index (χ4n) is 1.10. The fourth-order valence-corrected chi connectivity index (χ4v) is 1.10. The summed E-state index contributed by atoms with van der Waals surface area (Å²) in [4.78, 5) is 11.1. The lowest BCUT2D eigenvalue weighted by molar-refractivity contribution is -0.140. The van der Waals surface area contributed by atoms with Gasteiger partial charge in [0.25, 0.3) is 0 Å². The van der Waals surface area contributed by atoms with Gasteiger partial charge in [0.15, 0.2) is 0 Å². The molecule has 1 N–H and O–H groups in total. The minimum Gasteiger partial charge on any atom is -0.434 e. The lowest BCUT2D eigenvalue weighted by atomic mass is 10.2. The fraction of sp³-hybridized carbons (Fsp3) is 0.625. The van der Waals surface area contributed by atoms with Gasteiger partial charge >= 0.3 is 5.97 Å². The quantitative estimate of drug-likeness (QED) is 0.474. The second-order valence-electron chi connectivity index (χ2n) is 2.56. The van der Waals surface area contributed by atoms with E-state index in [1.54, 1.807) is 6.08 Å². The van der Waals surface area contributed by atoms with Crippen LogP contribution in [-0.2, 0) is 9.53 Å². The van der Waals surface area contributed by atoms with Gasteiger partial charge in [0.05, 0.1) is 6.26 Å². The maximum Gasteiger partial charge on any atom is 0.327 e. The first kappa shape index (κ1) is 8.27. The summed E-state index contributed by atoms with van der Waals surface area (Å²) >= 11 is 0. The van der Waals surface area contributed by atoms with Crippen LogP contribution in [0.15, 0.2) is 12.3 Å². The van der Waals surface area contributed by atoms with Gasteiger partial charge in [0.1, 0.15) is 6.04 Å².